The van der Waals surface area contributed by atoms with Crippen LogP contribution in [-0.4, -0.2) is 49.0 Å². The lowest BCUT2D eigenvalue weighted by Gasteiger charge is -2.17. The molecule has 0 fully saturated rings. The van der Waals surface area contributed by atoms with Gasteiger partial charge in [-0.15, -0.1) is 0 Å². The summed E-state index contributed by atoms with van der Waals surface area (Å²) < 4.78 is 30.6. The molecule has 6 nitrogen and oxygen atoms in total. The smallest absolute Gasteiger partial charge is 0.245 e. The molecule has 102 valence electrons. The monoisotopic (exact) mass is 293 g/mol. The summed E-state index contributed by atoms with van der Waals surface area (Å²) in [5.41, 5.74) is 0. The van der Waals surface area contributed by atoms with E-state index in [1.807, 2.05) is 13.8 Å². The van der Waals surface area contributed by atoms with Crippen LogP contribution in [0.5, 0.6) is 0 Å². The predicted molar refractivity (Wildman–Crippen MR) is 67.9 cm³/mol. The van der Waals surface area contributed by atoms with E-state index < -0.39 is 10.0 Å². The largest absolute Gasteiger partial charge is 0.377 e. The van der Waals surface area contributed by atoms with Crippen molar-refractivity contribution in [2.24, 2.45) is 0 Å². The molecule has 0 spiro atoms. The Bertz CT molecular complexity index is 476. The lowest BCUT2D eigenvalue weighted by atomic mass is 10.5. The molecule has 0 aromatic carbocycles. The molecule has 0 radical (unpaired) electrons. The van der Waals surface area contributed by atoms with E-state index in [9.17, 15) is 8.42 Å². The van der Waals surface area contributed by atoms with E-state index in [0.717, 1.165) is 0 Å². The highest BCUT2D eigenvalue weighted by molar-refractivity contribution is 7.89. The second kappa shape index (κ2) is 6.42. The molecule has 8 heteroatoms. The Labute approximate surface area is 112 Å². The molecule has 1 aromatic rings. The van der Waals surface area contributed by atoms with Gasteiger partial charge in [0.25, 0.3) is 0 Å². The maximum Gasteiger partial charge on any atom is 0.245 e. The zero-order valence-electron chi connectivity index (χ0n) is 10.5. The van der Waals surface area contributed by atoms with E-state index in [2.05, 4.69) is 9.97 Å². The van der Waals surface area contributed by atoms with Gasteiger partial charge >= 0.3 is 0 Å². The summed E-state index contributed by atoms with van der Waals surface area (Å²) in [5.74, 6) is 0. The Morgan fingerprint density at radius 2 is 1.94 bits per heavy atom. The fourth-order valence-corrected chi connectivity index (χ4v) is 2.29. The van der Waals surface area contributed by atoms with Crippen molar-refractivity contribution < 1.29 is 13.2 Å². The minimum atomic E-state index is -3.58. The standard InChI is InChI=1S/C10H16ClN3O3S/c1-8(2)17-5-4-14(3)18(15,16)9-6-12-10(11)13-7-9/h6-8H,4-5H2,1-3H3. The normalized spacial score (nSPS) is 12.3. The predicted octanol–water partition coefficient (Wildman–Crippen LogP) is 1.18. The van der Waals surface area contributed by atoms with Crippen LogP contribution < -0.4 is 0 Å². The van der Waals surface area contributed by atoms with E-state index in [4.69, 9.17) is 16.3 Å². The van der Waals surface area contributed by atoms with Crippen molar-refractivity contribution in [3.05, 3.63) is 17.7 Å². The second-order valence-corrected chi connectivity index (χ2v) is 6.32. The van der Waals surface area contributed by atoms with Crippen LogP contribution >= 0.6 is 11.6 Å². The molecule has 0 amide bonds. The number of nitrogens with zero attached hydrogens (tertiary/aromatic N) is 3. The molecule has 0 aliphatic heterocycles. The first-order valence-electron chi connectivity index (χ1n) is 5.39. The molecule has 1 aromatic heterocycles. The van der Waals surface area contributed by atoms with E-state index in [1.54, 1.807) is 0 Å². The van der Waals surface area contributed by atoms with Crippen molar-refractivity contribution >= 4 is 21.6 Å². The highest BCUT2D eigenvalue weighted by Gasteiger charge is 2.21. The van der Waals surface area contributed by atoms with Crippen LogP contribution in [0.15, 0.2) is 17.3 Å². The molecular formula is C10H16ClN3O3S. The maximum atomic E-state index is 12.1. The van der Waals surface area contributed by atoms with Gasteiger partial charge in [-0.3, -0.25) is 0 Å². The molecule has 1 heterocycles. The minimum absolute atomic E-state index is 0.0129. The SMILES string of the molecule is CC(C)OCCN(C)S(=O)(=O)c1cnc(Cl)nc1. The topological polar surface area (TPSA) is 72.4 Å². The number of rotatable bonds is 6. The highest BCUT2D eigenvalue weighted by Crippen LogP contribution is 2.12. The first-order chi connectivity index (χ1) is 8.34. The van der Waals surface area contributed by atoms with E-state index in [1.165, 1.54) is 23.7 Å². The molecule has 0 aliphatic carbocycles. The van der Waals surface area contributed by atoms with Gasteiger partial charge in [0, 0.05) is 13.6 Å². The second-order valence-electron chi connectivity index (χ2n) is 3.93. The van der Waals surface area contributed by atoms with Crippen LogP contribution in [0.3, 0.4) is 0 Å². The number of sulfonamides is 1. The Morgan fingerprint density at radius 3 is 2.44 bits per heavy atom. The van der Waals surface area contributed by atoms with Gasteiger partial charge in [0.2, 0.25) is 15.3 Å². The van der Waals surface area contributed by atoms with E-state index in [-0.39, 0.29) is 22.8 Å². The van der Waals surface area contributed by atoms with E-state index in [0.29, 0.717) is 6.61 Å². The van der Waals surface area contributed by atoms with Gasteiger partial charge in [0.05, 0.1) is 25.1 Å². The van der Waals surface area contributed by atoms with Gasteiger partial charge in [-0.2, -0.15) is 4.31 Å². The molecule has 0 N–H and O–H groups in total. The summed E-state index contributed by atoms with van der Waals surface area (Å²) in [7, 11) is -2.10. The highest BCUT2D eigenvalue weighted by atomic mass is 35.5. The quantitative estimate of drug-likeness (QED) is 0.736. The first-order valence-corrected chi connectivity index (χ1v) is 7.21. The molecule has 0 saturated heterocycles. The van der Waals surface area contributed by atoms with Crippen molar-refractivity contribution in [1.82, 2.24) is 14.3 Å². The van der Waals surface area contributed by atoms with Crippen LogP contribution in [-0.2, 0) is 14.8 Å². The van der Waals surface area contributed by atoms with Gasteiger partial charge in [0.1, 0.15) is 4.90 Å². The van der Waals surface area contributed by atoms with Crippen molar-refractivity contribution in [2.75, 3.05) is 20.2 Å². The van der Waals surface area contributed by atoms with Crippen LogP contribution in [0.4, 0.5) is 0 Å². The molecule has 0 bridgehead atoms. The first kappa shape index (κ1) is 15.3. The van der Waals surface area contributed by atoms with Crippen LogP contribution in [0.2, 0.25) is 5.28 Å². The number of hydrogen-bond donors (Lipinski definition) is 0. The molecular weight excluding hydrogens is 278 g/mol. The van der Waals surface area contributed by atoms with Crippen molar-refractivity contribution in [3.63, 3.8) is 0 Å². The zero-order valence-corrected chi connectivity index (χ0v) is 12.1. The fourth-order valence-electron chi connectivity index (χ4n) is 1.15. The maximum absolute atomic E-state index is 12.1. The fraction of sp³-hybridized carbons (Fsp3) is 0.600. The van der Waals surface area contributed by atoms with Gasteiger partial charge in [-0.25, -0.2) is 18.4 Å². The molecule has 0 aliphatic rings. The molecule has 1 rings (SSSR count). The number of likely N-dealkylation sites (N-methyl/N-ethyl adjacent to an activating group) is 1. The number of hydrogen-bond acceptors (Lipinski definition) is 5. The Balaban J connectivity index is 2.71. The molecule has 0 atom stereocenters. The molecule has 0 unspecified atom stereocenters. The number of ether oxygens (including phenoxy) is 1. The summed E-state index contributed by atoms with van der Waals surface area (Å²) in [6.07, 6.45) is 2.44. The summed E-state index contributed by atoms with van der Waals surface area (Å²) in [4.78, 5) is 7.32. The van der Waals surface area contributed by atoms with Crippen LogP contribution in [0.1, 0.15) is 13.8 Å². The zero-order chi connectivity index (χ0) is 13.8. The van der Waals surface area contributed by atoms with Crippen LogP contribution in [0.25, 0.3) is 0 Å². The lowest BCUT2D eigenvalue weighted by molar-refractivity contribution is 0.0737. The third kappa shape index (κ3) is 4.16. The van der Waals surface area contributed by atoms with Gasteiger partial charge < -0.3 is 4.74 Å². The van der Waals surface area contributed by atoms with Gasteiger partial charge in [-0.05, 0) is 25.4 Å². The molecule has 0 saturated carbocycles. The number of halogens is 1. The molecule has 18 heavy (non-hydrogen) atoms. The van der Waals surface area contributed by atoms with Crippen molar-refractivity contribution in [3.8, 4) is 0 Å². The number of aromatic nitrogens is 2. The lowest BCUT2D eigenvalue weighted by Crippen LogP contribution is -2.31. The third-order valence-electron chi connectivity index (χ3n) is 2.16. The minimum Gasteiger partial charge on any atom is -0.377 e. The average Bonchev–Trinajstić information content (AvgIpc) is 2.28. The van der Waals surface area contributed by atoms with Crippen LogP contribution in [0, 0.1) is 0 Å². The van der Waals surface area contributed by atoms with E-state index >= 15 is 0 Å². The Kier molecular flexibility index (Phi) is 5.46. The summed E-state index contributed by atoms with van der Waals surface area (Å²) in [6.45, 7) is 4.38. The Hall–Kier alpha value is -0.760. The average molecular weight is 294 g/mol. The third-order valence-corrected chi connectivity index (χ3v) is 4.17. The summed E-state index contributed by atoms with van der Waals surface area (Å²) in [6, 6.07) is 0. The van der Waals surface area contributed by atoms with Gasteiger partial charge in [0.15, 0.2) is 0 Å². The summed E-state index contributed by atoms with van der Waals surface area (Å²) in [5, 5.41) is 0.0137. The summed E-state index contributed by atoms with van der Waals surface area (Å²) >= 11 is 5.51. The van der Waals surface area contributed by atoms with Gasteiger partial charge in [-0.1, -0.05) is 0 Å². The Morgan fingerprint density at radius 1 is 1.39 bits per heavy atom. The van der Waals surface area contributed by atoms with Crippen molar-refractivity contribution in [2.45, 2.75) is 24.8 Å². The van der Waals surface area contributed by atoms with Crippen molar-refractivity contribution in [1.29, 1.82) is 0 Å².